The zero-order valence-electron chi connectivity index (χ0n) is 13.7. The van der Waals surface area contributed by atoms with E-state index in [-0.39, 0.29) is 23.1 Å². The summed E-state index contributed by atoms with van der Waals surface area (Å²) in [6.45, 7) is 0.485. The van der Waals surface area contributed by atoms with Gasteiger partial charge in [0.05, 0.1) is 12.7 Å². The zero-order chi connectivity index (χ0) is 17.3. The number of carbonyl (C=O) groups is 2. The van der Waals surface area contributed by atoms with Gasteiger partial charge in [0.2, 0.25) is 0 Å². The van der Waals surface area contributed by atoms with Crippen LogP contribution >= 0.6 is 0 Å². The minimum absolute atomic E-state index is 0.0451. The van der Waals surface area contributed by atoms with Crippen LogP contribution in [0.4, 0.5) is 0 Å². The number of aromatic hydroxyl groups is 1. The number of benzene rings is 2. The monoisotopic (exact) mass is 328 g/mol. The van der Waals surface area contributed by atoms with E-state index in [9.17, 15) is 14.7 Å². The number of amides is 2. The Hall–Kier alpha value is -2.60. The minimum atomic E-state index is -0.562. The Balaban J connectivity index is 1.94. The summed E-state index contributed by atoms with van der Waals surface area (Å²) in [7, 11) is 2.94. The minimum Gasteiger partial charge on any atom is -0.506 e. The standard InChI is InChI=1S/C18H20N2O4/c1-19(24-2)18(23)15-8-5-11-20(15)17(22)14-10-9-12-6-3-4-7-13(12)16(14)21/h3-4,6-7,9-10,15,21H,5,8,11H2,1-2H3/t15-/m1/s1. The van der Waals surface area contributed by atoms with Gasteiger partial charge in [-0.2, -0.15) is 0 Å². The largest absolute Gasteiger partial charge is 0.506 e. The van der Waals surface area contributed by atoms with Crippen molar-refractivity contribution < 1.29 is 19.5 Å². The van der Waals surface area contributed by atoms with Crippen molar-refractivity contribution in [1.29, 1.82) is 0 Å². The van der Waals surface area contributed by atoms with Gasteiger partial charge in [-0.1, -0.05) is 30.3 Å². The molecular weight excluding hydrogens is 308 g/mol. The second-order valence-electron chi connectivity index (χ2n) is 5.86. The van der Waals surface area contributed by atoms with Crippen LogP contribution in [-0.4, -0.2) is 53.6 Å². The Morgan fingerprint density at radius 1 is 1.25 bits per heavy atom. The molecule has 6 nitrogen and oxygen atoms in total. The maximum Gasteiger partial charge on any atom is 0.268 e. The van der Waals surface area contributed by atoms with Gasteiger partial charge in [0.15, 0.2) is 0 Å². The van der Waals surface area contributed by atoms with Gasteiger partial charge >= 0.3 is 0 Å². The summed E-state index contributed by atoms with van der Waals surface area (Å²) in [5.41, 5.74) is 0.216. The van der Waals surface area contributed by atoms with Crippen molar-refractivity contribution in [2.75, 3.05) is 20.7 Å². The molecule has 2 aromatic rings. The van der Waals surface area contributed by atoms with Crippen LogP contribution in [0.3, 0.4) is 0 Å². The van der Waals surface area contributed by atoms with E-state index in [2.05, 4.69) is 0 Å². The van der Waals surface area contributed by atoms with Gasteiger partial charge in [-0.3, -0.25) is 14.4 Å². The fourth-order valence-corrected chi connectivity index (χ4v) is 3.15. The number of likely N-dealkylation sites (N-methyl/N-ethyl adjacent to an activating group) is 1. The third-order valence-electron chi connectivity index (χ3n) is 4.51. The molecule has 1 fully saturated rings. The molecule has 1 atom stereocenters. The molecule has 1 aliphatic heterocycles. The number of hydroxylamine groups is 2. The molecule has 24 heavy (non-hydrogen) atoms. The average Bonchev–Trinajstić information content (AvgIpc) is 3.10. The molecule has 2 aromatic carbocycles. The van der Waals surface area contributed by atoms with Crippen LogP contribution in [0, 0.1) is 0 Å². The maximum atomic E-state index is 12.9. The number of likely N-dealkylation sites (tertiary alicyclic amines) is 1. The first-order valence-corrected chi connectivity index (χ1v) is 7.88. The number of phenolic OH excluding ortho intramolecular Hbond substituents is 1. The Morgan fingerprint density at radius 2 is 2.00 bits per heavy atom. The highest BCUT2D eigenvalue weighted by Gasteiger charge is 2.37. The van der Waals surface area contributed by atoms with E-state index in [4.69, 9.17) is 4.84 Å². The molecule has 0 spiro atoms. The number of hydrogen-bond donors (Lipinski definition) is 1. The summed E-state index contributed by atoms with van der Waals surface area (Å²) in [4.78, 5) is 31.7. The van der Waals surface area contributed by atoms with Crippen LogP contribution in [0.25, 0.3) is 10.8 Å². The van der Waals surface area contributed by atoms with Crippen molar-refractivity contribution in [3.63, 3.8) is 0 Å². The van der Waals surface area contributed by atoms with Gasteiger partial charge in [-0.25, -0.2) is 5.06 Å². The molecule has 1 N–H and O–H groups in total. The molecule has 6 heteroatoms. The summed E-state index contributed by atoms with van der Waals surface area (Å²) >= 11 is 0. The topological polar surface area (TPSA) is 70.1 Å². The lowest BCUT2D eigenvalue weighted by molar-refractivity contribution is -0.172. The third-order valence-corrected chi connectivity index (χ3v) is 4.51. The Bertz CT molecular complexity index is 790. The fourth-order valence-electron chi connectivity index (χ4n) is 3.15. The van der Waals surface area contributed by atoms with E-state index in [1.165, 1.54) is 19.1 Å². The molecule has 1 heterocycles. The highest BCUT2D eigenvalue weighted by Crippen LogP contribution is 2.31. The molecule has 1 aliphatic rings. The summed E-state index contributed by atoms with van der Waals surface area (Å²) in [6, 6.07) is 10.2. The van der Waals surface area contributed by atoms with Gasteiger partial charge in [0, 0.05) is 19.0 Å². The van der Waals surface area contributed by atoms with Crippen LogP contribution in [0.5, 0.6) is 5.75 Å². The molecule has 126 valence electrons. The van der Waals surface area contributed by atoms with Crippen LogP contribution in [0.2, 0.25) is 0 Å². The van der Waals surface area contributed by atoms with Crippen LogP contribution in [0.15, 0.2) is 36.4 Å². The Kier molecular flexibility index (Phi) is 4.40. The smallest absolute Gasteiger partial charge is 0.268 e. The number of phenols is 1. The molecule has 0 bridgehead atoms. The van der Waals surface area contributed by atoms with Gasteiger partial charge in [-0.05, 0) is 24.3 Å². The Labute approximate surface area is 140 Å². The lowest BCUT2D eigenvalue weighted by atomic mass is 10.0. The molecule has 3 rings (SSSR count). The molecule has 1 saturated heterocycles. The first-order chi connectivity index (χ1) is 11.5. The van der Waals surface area contributed by atoms with Crippen molar-refractivity contribution >= 4 is 22.6 Å². The molecule has 0 radical (unpaired) electrons. The van der Waals surface area contributed by atoms with E-state index < -0.39 is 6.04 Å². The van der Waals surface area contributed by atoms with Gasteiger partial charge in [-0.15, -0.1) is 0 Å². The summed E-state index contributed by atoms with van der Waals surface area (Å²) in [5.74, 6) is -0.640. The average molecular weight is 328 g/mol. The van der Waals surface area contributed by atoms with Gasteiger partial charge < -0.3 is 10.0 Å². The number of nitrogens with zero attached hydrogens (tertiary/aromatic N) is 2. The predicted octanol–water partition coefficient (Wildman–Crippen LogP) is 2.17. The summed E-state index contributed by atoms with van der Waals surface area (Å²) in [6.07, 6.45) is 1.33. The van der Waals surface area contributed by atoms with E-state index in [0.29, 0.717) is 18.4 Å². The van der Waals surface area contributed by atoms with Crippen molar-refractivity contribution in [2.45, 2.75) is 18.9 Å². The second-order valence-corrected chi connectivity index (χ2v) is 5.86. The number of fused-ring (bicyclic) bond motifs is 1. The SMILES string of the molecule is CON(C)C(=O)[C@H]1CCCN1C(=O)c1ccc2ccccc2c1O. The van der Waals surface area contributed by atoms with Crippen molar-refractivity contribution in [1.82, 2.24) is 9.96 Å². The third kappa shape index (κ3) is 2.69. The number of carbonyl (C=O) groups excluding carboxylic acids is 2. The van der Waals surface area contributed by atoms with Crippen LogP contribution < -0.4 is 0 Å². The predicted molar refractivity (Wildman–Crippen MR) is 89.5 cm³/mol. The lowest BCUT2D eigenvalue weighted by Crippen LogP contribution is -2.46. The number of rotatable bonds is 3. The molecule has 0 unspecified atom stereocenters. The van der Waals surface area contributed by atoms with E-state index >= 15 is 0 Å². The Morgan fingerprint density at radius 3 is 2.75 bits per heavy atom. The van der Waals surface area contributed by atoms with Crippen molar-refractivity contribution in [2.24, 2.45) is 0 Å². The van der Waals surface area contributed by atoms with Gasteiger partial charge in [0.1, 0.15) is 11.8 Å². The normalized spacial score (nSPS) is 17.2. The van der Waals surface area contributed by atoms with E-state index in [0.717, 1.165) is 16.9 Å². The second kappa shape index (κ2) is 6.49. The number of hydrogen-bond acceptors (Lipinski definition) is 4. The van der Waals surface area contributed by atoms with Crippen LogP contribution in [0.1, 0.15) is 23.2 Å². The first kappa shape index (κ1) is 16.3. The lowest BCUT2D eigenvalue weighted by Gasteiger charge is -2.27. The van der Waals surface area contributed by atoms with Crippen LogP contribution in [-0.2, 0) is 9.63 Å². The highest BCUT2D eigenvalue weighted by molar-refractivity contribution is 6.05. The summed E-state index contributed by atoms with van der Waals surface area (Å²) < 4.78 is 0. The first-order valence-electron chi connectivity index (χ1n) is 7.88. The van der Waals surface area contributed by atoms with Gasteiger partial charge in [0.25, 0.3) is 11.8 Å². The van der Waals surface area contributed by atoms with Crippen molar-refractivity contribution in [3.8, 4) is 5.75 Å². The fraction of sp³-hybridized carbons (Fsp3) is 0.333. The molecule has 2 amide bonds. The molecule has 0 aromatic heterocycles. The molecular formula is C18H20N2O4. The van der Waals surface area contributed by atoms with E-state index in [1.54, 1.807) is 18.2 Å². The highest BCUT2D eigenvalue weighted by atomic mass is 16.7. The van der Waals surface area contributed by atoms with E-state index in [1.807, 2.05) is 18.2 Å². The summed E-state index contributed by atoms with van der Waals surface area (Å²) in [5, 5.41) is 13.1. The maximum absolute atomic E-state index is 12.9. The molecule has 0 saturated carbocycles. The zero-order valence-corrected chi connectivity index (χ0v) is 13.7. The molecule has 0 aliphatic carbocycles. The quantitative estimate of drug-likeness (QED) is 0.877. The van der Waals surface area contributed by atoms with Crippen molar-refractivity contribution in [3.05, 3.63) is 42.0 Å².